The van der Waals surface area contributed by atoms with Crippen molar-refractivity contribution in [2.75, 3.05) is 0 Å². The van der Waals surface area contributed by atoms with Crippen LogP contribution in [0.2, 0.25) is 0 Å². The molecule has 0 unspecified atom stereocenters. The molecule has 0 saturated carbocycles. The van der Waals surface area contributed by atoms with Crippen LogP contribution in [0.15, 0.2) is 0 Å². The largest absolute Gasteiger partial charge is 1.00 e. The molecule has 0 saturated heterocycles. The van der Waals surface area contributed by atoms with Crippen molar-refractivity contribution < 1.29 is 87.1 Å². The molecule has 0 aliphatic heterocycles. The van der Waals surface area contributed by atoms with Crippen molar-refractivity contribution >= 4 is 51.4 Å². The van der Waals surface area contributed by atoms with Crippen LogP contribution in [0, 0.1) is 0 Å². The fourth-order valence-corrected chi connectivity index (χ4v) is 0. The van der Waals surface area contributed by atoms with E-state index in [0.29, 0.717) is 0 Å². The molecule has 0 aromatic carbocycles. The van der Waals surface area contributed by atoms with E-state index in [1.165, 1.54) is 0 Å². The maximum Gasteiger partial charge on any atom is 1.00 e. The Labute approximate surface area is 134 Å². The van der Waals surface area contributed by atoms with Gasteiger partial charge in [0.15, 0.2) is 0 Å². The van der Waals surface area contributed by atoms with E-state index in [1.807, 2.05) is 0 Å². The van der Waals surface area contributed by atoms with E-state index < -0.39 is 18.8 Å². The predicted molar refractivity (Wildman–Crippen MR) is 8.52 cm³/mol. The Kier molecular flexibility index (Phi) is 31.5. The normalized spacial score (nSPS) is 4.17. The molecular formula is HKNbO3Rb. The van der Waals surface area contributed by atoms with Gasteiger partial charge in [0.2, 0.25) is 0 Å². The Morgan fingerprint density at radius 2 is 1.33 bits per heavy atom. The van der Waals surface area contributed by atoms with Gasteiger partial charge in [0.25, 0.3) is 0 Å². The van der Waals surface area contributed by atoms with E-state index >= 15 is 0 Å². The van der Waals surface area contributed by atoms with E-state index in [0.717, 1.165) is 0 Å². The summed E-state index contributed by atoms with van der Waals surface area (Å²) in [6, 6.07) is 0. The minimum atomic E-state index is -4.20. The standard InChI is InChI=1S/K.Nb.3O.Rb.H/q;;;;-1;+1;. The Bertz CT molecular complexity index is 59.2. The second kappa shape index (κ2) is 11.5. The Morgan fingerprint density at radius 1 is 1.33 bits per heavy atom. The molecule has 0 fully saturated rings. The van der Waals surface area contributed by atoms with Crippen LogP contribution in [-0.4, -0.2) is 51.4 Å². The molecule has 26 valence electrons. The molecule has 3 nitrogen and oxygen atoms in total. The molecular weight excluding hydrogens is 265 g/mol. The van der Waals surface area contributed by atoms with Gasteiger partial charge in [0.05, 0.1) is 0 Å². The van der Waals surface area contributed by atoms with Crippen molar-refractivity contribution in [3.8, 4) is 0 Å². The molecule has 0 aromatic heterocycles. The zero-order valence-electron chi connectivity index (χ0n) is 2.67. The van der Waals surface area contributed by atoms with Gasteiger partial charge in [0, 0.05) is 0 Å². The maximum absolute atomic E-state index is 8.60. The average molecular weight is 266 g/mol. The Balaban J connectivity index is -0.0000000450. The second-order valence-electron chi connectivity index (χ2n) is 0.224. The van der Waals surface area contributed by atoms with Crippen molar-refractivity contribution in [3.05, 3.63) is 0 Å². The van der Waals surface area contributed by atoms with Gasteiger partial charge in [-0.3, -0.25) is 0 Å². The minimum Gasteiger partial charge on any atom is 1.00 e. The van der Waals surface area contributed by atoms with Crippen LogP contribution in [0.1, 0.15) is 0 Å². The van der Waals surface area contributed by atoms with Crippen molar-refractivity contribution in [3.63, 3.8) is 0 Å². The first kappa shape index (κ1) is 16.4. The van der Waals surface area contributed by atoms with Crippen LogP contribution in [-0.2, 0) is 25.3 Å². The van der Waals surface area contributed by atoms with E-state index in [-0.39, 0.29) is 110 Å². The zero-order valence-corrected chi connectivity index (χ0v) is 9.79. The average Bonchev–Trinajstić information content (AvgIpc) is 0.811. The van der Waals surface area contributed by atoms with Crippen molar-refractivity contribution in [2.24, 2.45) is 0 Å². The molecule has 0 atom stereocenters. The van der Waals surface area contributed by atoms with Crippen LogP contribution in [0.5, 0.6) is 0 Å². The Morgan fingerprint density at radius 3 is 1.33 bits per heavy atom. The van der Waals surface area contributed by atoms with Gasteiger partial charge in [-0.05, 0) is 0 Å². The van der Waals surface area contributed by atoms with Crippen LogP contribution in [0.4, 0.5) is 0 Å². The van der Waals surface area contributed by atoms with E-state index in [9.17, 15) is 0 Å². The minimum absolute atomic E-state index is 0. The zero-order chi connectivity index (χ0) is 3.58. The molecule has 0 aromatic rings. The van der Waals surface area contributed by atoms with Crippen molar-refractivity contribution in [1.29, 1.82) is 0 Å². The third-order valence-electron chi connectivity index (χ3n) is 0. The first-order valence-electron chi connectivity index (χ1n) is 0.548. The number of hydrogen-bond donors (Lipinski definition) is 0. The van der Waals surface area contributed by atoms with Crippen molar-refractivity contribution in [2.45, 2.75) is 0 Å². The number of hydrogen-bond acceptors (Lipinski definition) is 3. The summed E-state index contributed by atoms with van der Waals surface area (Å²) in [5, 5.41) is 0. The SMILES string of the molecule is [KH].[O]=[Nb](=[O])[O-].[Rb+]. The van der Waals surface area contributed by atoms with Crippen LogP contribution in [0.25, 0.3) is 0 Å². The molecule has 0 rings (SSSR count). The van der Waals surface area contributed by atoms with Gasteiger partial charge in [-0.15, -0.1) is 0 Å². The topological polar surface area (TPSA) is 57.2 Å². The first-order chi connectivity index (χ1) is 1.73. The molecule has 6 heavy (non-hydrogen) atoms. The summed E-state index contributed by atoms with van der Waals surface area (Å²) in [4.78, 5) is 0. The monoisotopic (exact) mass is 266 g/mol. The molecule has 0 aliphatic rings. The predicted octanol–water partition coefficient (Wildman–Crippen LogP) is -5.07. The molecule has 0 spiro atoms. The third-order valence-corrected chi connectivity index (χ3v) is 0. The summed E-state index contributed by atoms with van der Waals surface area (Å²) in [5.41, 5.74) is 0. The maximum atomic E-state index is 8.60. The summed E-state index contributed by atoms with van der Waals surface area (Å²) < 4.78 is 25.8. The van der Waals surface area contributed by atoms with Gasteiger partial charge in [-0.25, -0.2) is 0 Å². The fraction of sp³-hybridized carbons (Fsp3) is 0. The smallest absolute Gasteiger partial charge is 1.00 e. The third kappa shape index (κ3) is 25.1. The second-order valence-corrected chi connectivity index (χ2v) is 1.32. The van der Waals surface area contributed by atoms with Crippen LogP contribution >= 0.6 is 0 Å². The van der Waals surface area contributed by atoms with Crippen LogP contribution in [0.3, 0.4) is 0 Å². The van der Waals surface area contributed by atoms with Gasteiger partial charge in [-0.1, -0.05) is 0 Å². The molecule has 0 bridgehead atoms. The fourth-order valence-electron chi connectivity index (χ4n) is 0. The molecule has 0 heterocycles. The van der Waals surface area contributed by atoms with Crippen molar-refractivity contribution in [1.82, 2.24) is 0 Å². The molecule has 6 heteroatoms. The summed E-state index contributed by atoms with van der Waals surface area (Å²) in [6.45, 7) is 0. The molecule has 0 amide bonds. The van der Waals surface area contributed by atoms with E-state index in [1.54, 1.807) is 0 Å². The summed E-state index contributed by atoms with van der Waals surface area (Å²) in [7, 11) is 0. The van der Waals surface area contributed by atoms with Gasteiger partial charge < -0.3 is 0 Å². The van der Waals surface area contributed by atoms with Gasteiger partial charge in [-0.2, -0.15) is 0 Å². The van der Waals surface area contributed by atoms with E-state index in [4.69, 9.17) is 10.1 Å². The summed E-state index contributed by atoms with van der Waals surface area (Å²) in [5.74, 6) is 0. The number of rotatable bonds is 0. The van der Waals surface area contributed by atoms with E-state index in [2.05, 4.69) is 0 Å². The van der Waals surface area contributed by atoms with Gasteiger partial charge >= 0.3 is 138 Å². The molecule has 0 radical (unpaired) electrons. The quantitative estimate of drug-likeness (QED) is 0.412. The summed E-state index contributed by atoms with van der Waals surface area (Å²) >= 11 is -4.20. The van der Waals surface area contributed by atoms with Gasteiger partial charge in [0.1, 0.15) is 0 Å². The van der Waals surface area contributed by atoms with Crippen LogP contribution < -0.4 is 61.8 Å². The molecule has 0 aliphatic carbocycles. The molecule has 0 N–H and O–H groups in total. The first-order valence-corrected chi connectivity index (χ1v) is 3.24. The Hall–Kier alpha value is 3.74. The summed E-state index contributed by atoms with van der Waals surface area (Å²) in [6.07, 6.45) is 0.